The monoisotopic (exact) mass is 264 g/mol. The molecule has 1 rings (SSSR count). The molecule has 0 aliphatic heterocycles. The van der Waals surface area contributed by atoms with Crippen LogP contribution < -0.4 is 0 Å². The van der Waals surface area contributed by atoms with Crippen LogP contribution in [0.1, 0.15) is 12.0 Å². The van der Waals surface area contributed by atoms with Crippen LogP contribution in [-0.2, 0) is 6.42 Å². The van der Waals surface area contributed by atoms with Crippen LogP contribution in [0.15, 0.2) is 16.6 Å². The van der Waals surface area contributed by atoms with Gasteiger partial charge in [0.2, 0.25) is 0 Å². The highest BCUT2D eigenvalue weighted by molar-refractivity contribution is 9.10. The van der Waals surface area contributed by atoms with Crippen molar-refractivity contribution in [3.05, 3.63) is 27.2 Å². The van der Waals surface area contributed by atoms with Crippen molar-refractivity contribution < 1.29 is 10.2 Å². The lowest BCUT2D eigenvalue weighted by atomic mass is 10.1. The molecule has 2 nitrogen and oxygen atoms in total. The van der Waals surface area contributed by atoms with Gasteiger partial charge in [0.05, 0.1) is 4.47 Å². The van der Waals surface area contributed by atoms with Crippen LogP contribution in [0.2, 0.25) is 5.02 Å². The Hall–Kier alpha value is -0.250. The molecule has 0 atom stereocenters. The van der Waals surface area contributed by atoms with Crippen LogP contribution >= 0.6 is 27.5 Å². The maximum Gasteiger partial charge on any atom is 0.133 e. The Balaban J connectivity index is 2.92. The molecule has 2 N–H and O–H groups in total. The van der Waals surface area contributed by atoms with Gasteiger partial charge >= 0.3 is 0 Å². The van der Waals surface area contributed by atoms with Crippen LogP contribution in [0.5, 0.6) is 5.75 Å². The summed E-state index contributed by atoms with van der Waals surface area (Å²) in [5.74, 6) is 0.206. The van der Waals surface area contributed by atoms with E-state index in [1.54, 1.807) is 12.1 Å². The van der Waals surface area contributed by atoms with Crippen molar-refractivity contribution in [2.75, 3.05) is 6.61 Å². The Labute approximate surface area is 90.3 Å². The van der Waals surface area contributed by atoms with Gasteiger partial charge in [0.1, 0.15) is 5.75 Å². The van der Waals surface area contributed by atoms with Crippen molar-refractivity contribution in [2.24, 2.45) is 0 Å². The maximum absolute atomic E-state index is 9.56. The lowest BCUT2D eigenvalue weighted by molar-refractivity contribution is 0.288. The summed E-state index contributed by atoms with van der Waals surface area (Å²) < 4.78 is 0.591. The summed E-state index contributed by atoms with van der Waals surface area (Å²) in [6.45, 7) is 0.115. The van der Waals surface area contributed by atoms with Crippen LogP contribution in [0.3, 0.4) is 0 Å². The molecule has 1 aromatic rings. The second kappa shape index (κ2) is 4.84. The number of phenolic OH excluding ortho intramolecular Hbond substituents is 1. The Kier molecular flexibility index (Phi) is 4.03. The molecule has 0 amide bonds. The standard InChI is InChI=1S/C9H10BrClO2/c10-8-5-7(11)4-6(9(8)13)2-1-3-12/h4-5,12-13H,1-3H2. The number of aliphatic hydroxyl groups excluding tert-OH is 1. The van der Waals surface area contributed by atoms with Gasteiger partial charge in [-0.25, -0.2) is 0 Å². The minimum absolute atomic E-state index is 0.115. The second-order valence-corrected chi connectivity index (χ2v) is 4.01. The summed E-state index contributed by atoms with van der Waals surface area (Å²) in [6.07, 6.45) is 1.25. The van der Waals surface area contributed by atoms with E-state index in [0.717, 1.165) is 5.56 Å². The van der Waals surface area contributed by atoms with E-state index in [1.807, 2.05) is 0 Å². The first-order valence-electron chi connectivity index (χ1n) is 3.93. The predicted molar refractivity (Wildman–Crippen MR) is 56.2 cm³/mol. The van der Waals surface area contributed by atoms with Crippen molar-refractivity contribution in [3.8, 4) is 5.75 Å². The van der Waals surface area contributed by atoms with E-state index < -0.39 is 0 Å². The van der Waals surface area contributed by atoms with Gasteiger partial charge in [0, 0.05) is 11.6 Å². The maximum atomic E-state index is 9.56. The Bertz CT molecular complexity index is 302. The molecule has 0 aliphatic carbocycles. The van der Waals surface area contributed by atoms with Gasteiger partial charge in [-0.05, 0) is 46.5 Å². The normalized spacial score (nSPS) is 10.4. The number of benzene rings is 1. The molecule has 0 heterocycles. The minimum atomic E-state index is 0.115. The molecule has 0 unspecified atom stereocenters. The van der Waals surface area contributed by atoms with Gasteiger partial charge in [-0.3, -0.25) is 0 Å². The molecule has 0 aliphatic rings. The minimum Gasteiger partial charge on any atom is -0.506 e. The highest BCUT2D eigenvalue weighted by Crippen LogP contribution is 2.31. The SMILES string of the molecule is OCCCc1cc(Cl)cc(Br)c1O. The smallest absolute Gasteiger partial charge is 0.133 e. The number of halogens is 2. The molecule has 72 valence electrons. The number of aliphatic hydroxyl groups is 1. The summed E-state index contributed by atoms with van der Waals surface area (Å²) in [6, 6.07) is 3.34. The Morgan fingerprint density at radius 3 is 2.69 bits per heavy atom. The van der Waals surface area contributed by atoms with Gasteiger partial charge in [0.25, 0.3) is 0 Å². The summed E-state index contributed by atoms with van der Waals surface area (Å²) in [7, 11) is 0. The fourth-order valence-electron chi connectivity index (χ4n) is 1.08. The third kappa shape index (κ3) is 2.86. The van der Waals surface area contributed by atoms with E-state index in [9.17, 15) is 5.11 Å². The molecule has 0 bridgehead atoms. The van der Waals surface area contributed by atoms with Crippen LogP contribution in [0.25, 0.3) is 0 Å². The first kappa shape index (κ1) is 10.8. The van der Waals surface area contributed by atoms with Gasteiger partial charge in [0.15, 0.2) is 0 Å². The molecule has 0 saturated heterocycles. The number of hydrogen-bond donors (Lipinski definition) is 2. The predicted octanol–water partition coefficient (Wildman–Crippen LogP) is 2.73. The summed E-state index contributed by atoms with van der Waals surface area (Å²) >= 11 is 8.99. The first-order chi connectivity index (χ1) is 6.15. The Morgan fingerprint density at radius 1 is 1.38 bits per heavy atom. The van der Waals surface area contributed by atoms with E-state index in [0.29, 0.717) is 22.3 Å². The average molecular weight is 266 g/mol. The lowest BCUT2D eigenvalue weighted by Gasteiger charge is -2.05. The zero-order valence-corrected chi connectivity index (χ0v) is 9.27. The molecule has 0 saturated carbocycles. The molecular formula is C9H10BrClO2. The second-order valence-electron chi connectivity index (χ2n) is 2.72. The van der Waals surface area contributed by atoms with Gasteiger partial charge < -0.3 is 10.2 Å². The number of rotatable bonds is 3. The van der Waals surface area contributed by atoms with E-state index in [2.05, 4.69) is 15.9 Å². The summed E-state index contributed by atoms with van der Waals surface area (Å²) in [5.41, 5.74) is 0.758. The topological polar surface area (TPSA) is 40.5 Å². The average Bonchev–Trinajstić information content (AvgIpc) is 2.09. The molecular weight excluding hydrogens is 255 g/mol. The van der Waals surface area contributed by atoms with Crippen LogP contribution in [0, 0.1) is 0 Å². The van der Waals surface area contributed by atoms with Crippen molar-refractivity contribution in [1.29, 1.82) is 0 Å². The van der Waals surface area contributed by atoms with E-state index in [4.69, 9.17) is 16.7 Å². The van der Waals surface area contributed by atoms with Gasteiger partial charge in [-0.2, -0.15) is 0 Å². The van der Waals surface area contributed by atoms with Gasteiger partial charge in [-0.15, -0.1) is 0 Å². The fourth-order valence-corrected chi connectivity index (χ4v) is 1.95. The Morgan fingerprint density at radius 2 is 2.08 bits per heavy atom. The van der Waals surface area contributed by atoms with E-state index in [-0.39, 0.29) is 12.4 Å². The van der Waals surface area contributed by atoms with Gasteiger partial charge in [-0.1, -0.05) is 11.6 Å². The number of hydrogen-bond acceptors (Lipinski definition) is 2. The van der Waals surface area contributed by atoms with E-state index >= 15 is 0 Å². The van der Waals surface area contributed by atoms with Crippen molar-refractivity contribution >= 4 is 27.5 Å². The van der Waals surface area contributed by atoms with Crippen molar-refractivity contribution in [1.82, 2.24) is 0 Å². The molecule has 13 heavy (non-hydrogen) atoms. The summed E-state index contributed by atoms with van der Waals surface area (Å²) in [5, 5.41) is 18.8. The highest BCUT2D eigenvalue weighted by atomic mass is 79.9. The zero-order chi connectivity index (χ0) is 9.84. The first-order valence-corrected chi connectivity index (χ1v) is 5.10. The quantitative estimate of drug-likeness (QED) is 0.882. The largest absolute Gasteiger partial charge is 0.506 e. The van der Waals surface area contributed by atoms with E-state index in [1.165, 1.54) is 0 Å². The molecule has 4 heteroatoms. The highest BCUT2D eigenvalue weighted by Gasteiger charge is 2.06. The molecule has 0 fully saturated rings. The molecule has 0 radical (unpaired) electrons. The number of aromatic hydroxyl groups is 1. The third-order valence-electron chi connectivity index (χ3n) is 1.71. The lowest BCUT2D eigenvalue weighted by Crippen LogP contribution is -1.90. The molecule has 1 aromatic carbocycles. The van der Waals surface area contributed by atoms with Crippen LogP contribution in [0.4, 0.5) is 0 Å². The molecule has 0 aromatic heterocycles. The number of aryl methyl sites for hydroxylation is 1. The summed E-state index contributed by atoms with van der Waals surface area (Å²) in [4.78, 5) is 0. The fraction of sp³-hybridized carbons (Fsp3) is 0.333. The third-order valence-corrected chi connectivity index (χ3v) is 2.53. The zero-order valence-electron chi connectivity index (χ0n) is 6.93. The number of phenols is 1. The van der Waals surface area contributed by atoms with Crippen LogP contribution in [-0.4, -0.2) is 16.8 Å². The molecule has 0 spiro atoms. The van der Waals surface area contributed by atoms with Crippen molar-refractivity contribution in [2.45, 2.75) is 12.8 Å². The van der Waals surface area contributed by atoms with Crippen molar-refractivity contribution in [3.63, 3.8) is 0 Å².